The summed E-state index contributed by atoms with van der Waals surface area (Å²) < 4.78 is 10.5. The van der Waals surface area contributed by atoms with Gasteiger partial charge in [-0.15, -0.1) is 13.2 Å². The van der Waals surface area contributed by atoms with Crippen LogP contribution in [0.3, 0.4) is 0 Å². The van der Waals surface area contributed by atoms with Crippen molar-refractivity contribution in [2.24, 2.45) is 0 Å². The molecular weight excluding hydrogens is 266 g/mol. The molecule has 0 saturated carbocycles. The molecule has 4 heteroatoms. The highest BCUT2D eigenvalue weighted by Crippen LogP contribution is 2.30. The molecule has 0 heterocycles. The van der Waals surface area contributed by atoms with E-state index < -0.39 is 0 Å². The molecule has 114 valence electrons. The molecule has 0 aromatic heterocycles. The molecule has 1 aromatic rings. The summed E-state index contributed by atoms with van der Waals surface area (Å²) in [6.07, 6.45) is 3.74. The molecule has 0 spiro atoms. The Morgan fingerprint density at radius 2 is 1.67 bits per heavy atom. The molecule has 0 atom stereocenters. The number of aryl methyl sites for hydroxylation is 1. The molecule has 0 N–H and O–H groups in total. The van der Waals surface area contributed by atoms with Crippen molar-refractivity contribution in [2.45, 2.75) is 13.3 Å². The smallest absolute Gasteiger partial charge is 0.227 e. The molecule has 0 fully saturated rings. The van der Waals surface area contributed by atoms with E-state index in [9.17, 15) is 4.79 Å². The lowest BCUT2D eigenvalue weighted by molar-refractivity contribution is -0.129. The Hall–Kier alpha value is -2.23. The second kappa shape index (κ2) is 8.15. The van der Waals surface area contributed by atoms with E-state index in [1.165, 1.54) is 0 Å². The maximum absolute atomic E-state index is 12.4. The van der Waals surface area contributed by atoms with Gasteiger partial charge in [0.2, 0.25) is 5.91 Å². The third-order valence-electron chi connectivity index (χ3n) is 3.24. The molecule has 0 saturated heterocycles. The van der Waals surface area contributed by atoms with Gasteiger partial charge >= 0.3 is 0 Å². The van der Waals surface area contributed by atoms with Crippen LogP contribution in [0, 0.1) is 6.92 Å². The largest absolute Gasteiger partial charge is 0.493 e. The van der Waals surface area contributed by atoms with E-state index >= 15 is 0 Å². The molecule has 1 amide bonds. The predicted molar refractivity (Wildman–Crippen MR) is 85.0 cm³/mol. The number of carbonyl (C=O) groups excluding carboxylic acids is 1. The zero-order valence-corrected chi connectivity index (χ0v) is 13.0. The number of rotatable bonds is 8. The fraction of sp³-hybridized carbons (Fsp3) is 0.353. The molecule has 0 radical (unpaired) electrons. The standard InChI is InChI=1S/C17H23NO3/c1-6-8-18(9-7-2)17(19)12-14-11-16(21-5)15(20-4)10-13(14)3/h6-7,10-11H,1-2,8-9,12H2,3-5H3. The number of hydrogen-bond donors (Lipinski definition) is 0. The first-order chi connectivity index (χ1) is 10.1. The molecule has 0 aliphatic carbocycles. The van der Waals surface area contributed by atoms with E-state index in [0.29, 0.717) is 31.0 Å². The minimum atomic E-state index is 0.0325. The van der Waals surface area contributed by atoms with Crippen LogP contribution >= 0.6 is 0 Å². The summed E-state index contributed by atoms with van der Waals surface area (Å²) in [6.45, 7) is 10.3. The first-order valence-corrected chi connectivity index (χ1v) is 6.78. The summed E-state index contributed by atoms with van der Waals surface area (Å²) in [6, 6.07) is 3.73. The second-order valence-corrected chi connectivity index (χ2v) is 4.69. The molecule has 21 heavy (non-hydrogen) atoms. The van der Waals surface area contributed by atoms with Crippen LogP contribution in [0.4, 0.5) is 0 Å². The minimum Gasteiger partial charge on any atom is -0.493 e. The fourth-order valence-electron chi connectivity index (χ4n) is 2.08. The van der Waals surface area contributed by atoms with Gasteiger partial charge in [0.25, 0.3) is 0 Å². The summed E-state index contributed by atoms with van der Waals surface area (Å²) in [5, 5.41) is 0. The van der Waals surface area contributed by atoms with Gasteiger partial charge in [0.1, 0.15) is 0 Å². The number of benzene rings is 1. The van der Waals surface area contributed by atoms with Crippen LogP contribution < -0.4 is 9.47 Å². The highest BCUT2D eigenvalue weighted by Gasteiger charge is 2.15. The molecule has 0 bridgehead atoms. The van der Waals surface area contributed by atoms with Crippen molar-refractivity contribution in [1.82, 2.24) is 4.90 Å². The Balaban J connectivity index is 2.98. The van der Waals surface area contributed by atoms with Crippen LogP contribution in [-0.4, -0.2) is 38.1 Å². The average Bonchev–Trinajstić information content (AvgIpc) is 2.48. The van der Waals surface area contributed by atoms with Crippen LogP contribution in [0.2, 0.25) is 0 Å². The van der Waals surface area contributed by atoms with Gasteiger partial charge in [-0.25, -0.2) is 0 Å². The highest BCUT2D eigenvalue weighted by molar-refractivity contribution is 5.79. The molecular formula is C17H23NO3. The Kier molecular flexibility index (Phi) is 6.53. The van der Waals surface area contributed by atoms with Crippen molar-refractivity contribution in [3.8, 4) is 11.5 Å². The zero-order chi connectivity index (χ0) is 15.8. The molecule has 4 nitrogen and oxygen atoms in total. The topological polar surface area (TPSA) is 38.8 Å². The summed E-state index contributed by atoms with van der Waals surface area (Å²) in [5.74, 6) is 1.33. The van der Waals surface area contributed by atoms with E-state index in [2.05, 4.69) is 13.2 Å². The van der Waals surface area contributed by atoms with Crippen molar-refractivity contribution in [3.63, 3.8) is 0 Å². The normalized spacial score (nSPS) is 9.86. The molecule has 1 rings (SSSR count). The van der Waals surface area contributed by atoms with Gasteiger partial charge < -0.3 is 14.4 Å². The number of methoxy groups -OCH3 is 2. The van der Waals surface area contributed by atoms with Crippen LogP contribution in [0.25, 0.3) is 0 Å². The van der Waals surface area contributed by atoms with Gasteiger partial charge in [0.15, 0.2) is 11.5 Å². The Bertz CT molecular complexity index is 513. The van der Waals surface area contributed by atoms with Crippen LogP contribution in [-0.2, 0) is 11.2 Å². The van der Waals surface area contributed by atoms with E-state index in [0.717, 1.165) is 11.1 Å². The molecule has 0 aliphatic heterocycles. The monoisotopic (exact) mass is 289 g/mol. The Morgan fingerprint density at radius 1 is 1.14 bits per heavy atom. The van der Waals surface area contributed by atoms with Gasteiger partial charge in [-0.05, 0) is 30.2 Å². The van der Waals surface area contributed by atoms with Gasteiger partial charge in [-0.1, -0.05) is 12.2 Å². The Morgan fingerprint density at radius 3 is 2.14 bits per heavy atom. The number of hydrogen-bond acceptors (Lipinski definition) is 3. The number of nitrogens with zero attached hydrogens (tertiary/aromatic N) is 1. The van der Waals surface area contributed by atoms with Crippen LogP contribution in [0.5, 0.6) is 11.5 Å². The summed E-state index contributed by atoms with van der Waals surface area (Å²) in [5.41, 5.74) is 1.92. The predicted octanol–water partition coefficient (Wildman–Crippen LogP) is 2.76. The summed E-state index contributed by atoms with van der Waals surface area (Å²) >= 11 is 0. The van der Waals surface area contributed by atoms with E-state index in [4.69, 9.17) is 9.47 Å². The average molecular weight is 289 g/mol. The van der Waals surface area contributed by atoms with Crippen molar-refractivity contribution in [2.75, 3.05) is 27.3 Å². The van der Waals surface area contributed by atoms with E-state index in [-0.39, 0.29) is 5.91 Å². The lowest BCUT2D eigenvalue weighted by atomic mass is 10.0. The quantitative estimate of drug-likeness (QED) is 0.691. The molecule has 0 aliphatic rings. The maximum atomic E-state index is 12.4. The van der Waals surface area contributed by atoms with Gasteiger partial charge in [-0.3, -0.25) is 4.79 Å². The fourth-order valence-corrected chi connectivity index (χ4v) is 2.08. The lowest BCUT2D eigenvalue weighted by Gasteiger charge is -2.20. The van der Waals surface area contributed by atoms with Gasteiger partial charge in [0, 0.05) is 13.1 Å². The lowest BCUT2D eigenvalue weighted by Crippen LogP contribution is -2.32. The van der Waals surface area contributed by atoms with E-state index in [1.807, 2.05) is 19.1 Å². The van der Waals surface area contributed by atoms with Gasteiger partial charge in [-0.2, -0.15) is 0 Å². The third kappa shape index (κ3) is 4.38. The third-order valence-corrected chi connectivity index (χ3v) is 3.24. The summed E-state index contributed by atoms with van der Waals surface area (Å²) in [4.78, 5) is 14.1. The maximum Gasteiger partial charge on any atom is 0.227 e. The van der Waals surface area contributed by atoms with E-state index in [1.54, 1.807) is 31.3 Å². The van der Waals surface area contributed by atoms with Crippen molar-refractivity contribution in [3.05, 3.63) is 48.6 Å². The van der Waals surface area contributed by atoms with Crippen molar-refractivity contribution < 1.29 is 14.3 Å². The number of ether oxygens (including phenoxy) is 2. The highest BCUT2D eigenvalue weighted by atomic mass is 16.5. The Labute approximate surface area is 126 Å². The number of amides is 1. The minimum absolute atomic E-state index is 0.0325. The molecule has 0 unspecified atom stereocenters. The van der Waals surface area contributed by atoms with Crippen molar-refractivity contribution >= 4 is 5.91 Å². The van der Waals surface area contributed by atoms with Crippen LogP contribution in [0.15, 0.2) is 37.4 Å². The second-order valence-electron chi connectivity index (χ2n) is 4.69. The van der Waals surface area contributed by atoms with Crippen LogP contribution in [0.1, 0.15) is 11.1 Å². The first-order valence-electron chi connectivity index (χ1n) is 6.78. The van der Waals surface area contributed by atoms with Crippen molar-refractivity contribution in [1.29, 1.82) is 0 Å². The summed E-state index contributed by atoms with van der Waals surface area (Å²) in [7, 11) is 3.18. The molecule has 1 aromatic carbocycles. The zero-order valence-electron chi connectivity index (χ0n) is 13.0. The SMILES string of the molecule is C=CCN(CC=C)C(=O)Cc1cc(OC)c(OC)cc1C. The first kappa shape index (κ1) is 16.8. The van der Waals surface area contributed by atoms with Gasteiger partial charge in [0.05, 0.1) is 20.6 Å². The number of carbonyl (C=O) groups is 1.